The molecule has 2 aromatic carbocycles. The van der Waals surface area contributed by atoms with Crippen molar-refractivity contribution in [2.75, 3.05) is 0 Å². The van der Waals surface area contributed by atoms with Crippen molar-refractivity contribution >= 4 is 34.2 Å². The SMILES string of the molecule is CCc1oc2ccccc2c1C(N)c1c(Cl)cccc1Cl. The largest absolute Gasteiger partial charge is 0.461 e. The summed E-state index contributed by atoms with van der Waals surface area (Å²) in [6.07, 6.45) is 0.764. The summed E-state index contributed by atoms with van der Waals surface area (Å²) in [6, 6.07) is 12.9. The van der Waals surface area contributed by atoms with E-state index in [9.17, 15) is 0 Å². The molecule has 3 rings (SSSR count). The van der Waals surface area contributed by atoms with Gasteiger partial charge in [-0.1, -0.05) is 54.4 Å². The second kappa shape index (κ2) is 5.72. The number of hydrogen-bond acceptors (Lipinski definition) is 2. The van der Waals surface area contributed by atoms with E-state index in [0.29, 0.717) is 10.0 Å². The van der Waals surface area contributed by atoms with E-state index in [1.807, 2.05) is 37.3 Å². The fourth-order valence-corrected chi connectivity index (χ4v) is 3.30. The lowest BCUT2D eigenvalue weighted by atomic mass is 9.96. The van der Waals surface area contributed by atoms with E-state index in [4.69, 9.17) is 33.4 Å². The number of furan rings is 1. The summed E-state index contributed by atoms with van der Waals surface area (Å²) >= 11 is 12.6. The first-order chi connectivity index (χ1) is 10.1. The van der Waals surface area contributed by atoms with E-state index in [1.54, 1.807) is 12.1 Å². The van der Waals surface area contributed by atoms with E-state index in [0.717, 1.165) is 34.3 Å². The van der Waals surface area contributed by atoms with Gasteiger partial charge in [-0.05, 0) is 18.2 Å². The van der Waals surface area contributed by atoms with Crippen LogP contribution in [-0.4, -0.2) is 0 Å². The topological polar surface area (TPSA) is 39.2 Å². The van der Waals surface area contributed by atoms with Crippen LogP contribution < -0.4 is 5.73 Å². The summed E-state index contributed by atoms with van der Waals surface area (Å²) in [5.74, 6) is 0.875. The first-order valence-corrected chi connectivity index (χ1v) is 7.58. The Morgan fingerprint density at radius 2 is 1.67 bits per heavy atom. The number of nitrogens with two attached hydrogens (primary N) is 1. The van der Waals surface area contributed by atoms with E-state index < -0.39 is 6.04 Å². The molecule has 1 heterocycles. The number of para-hydroxylation sites is 1. The minimum atomic E-state index is -0.412. The van der Waals surface area contributed by atoms with Crippen molar-refractivity contribution in [3.63, 3.8) is 0 Å². The molecule has 0 spiro atoms. The van der Waals surface area contributed by atoms with E-state index >= 15 is 0 Å². The van der Waals surface area contributed by atoms with Crippen LogP contribution in [0.3, 0.4) is 0 Å². The minimum Gasteiger partial charge on any atom is -0.461 e. The summed E-state index contributed by atoms with van der Waals surface area (Å²) in [6.45, 7) is 2.04. The maximum atomic E-state index is 6.48. The van der Waals surface area contributed by atoms with Gasteiger partial charge in [0.25, 0.3) is 0 Å². The van der Waals surface area contributed by atoms with Gasteiger partial charge in [-0.3, -0.25) is 0 Å². The van der Waals surface area contributed by atoms with Gasteiger partial charge in [-0.15, -0.1) is 0 Å². The fourth-order valence-electron chi connectivity index (χ4n) is 2.67. The quantitative estimate of drug-likeness (QED) is 0.706. The summed E-state index contributed by atoms with van der Waals surface area (Å²) in [4.78, 5) is 0. The van der Waals surface area contributed by atoms with Crippen molar-refractivity contribution in [1.29, 1.82) is 0 Å². The van der Waals surface area contributed by atoms with Gasteiger partial charge in [0.15, 0.2) is 0 Å². The molecule has 2 N–H and O–H groups in total. The zero-order valence-corrected chi connectivity index (χ0v) is 13.1. The molecule has 0 amide bonds. The number of aryl methyl sites for hydroxylation is 1. The molecule has 0 radical (unpaired) electrons. The van der Waals surface area contributed by atoms with Gasteiger partial charge in [0.05, 0.1) is 6.04 Å². The zero-order chi connectivity index (χ0) is 15.0. The predicted molar refractivity (Wildman–Crippen MR) is 88.1 cm³/mol. The van der Waals surface area contributed by atoms with Gasteiger partial charge in [0, 0.05) is 33.0 Å². The molecule has 0 bridgehead atoms. The number of halogens is 2. The second-order valence-corrected chi connectivity index (χ2v) is 5.72. The normalized spacial score (nSPS) is 12.8. The van der Waals surface area contributed by atoms with Gasteiger partial charge < -0.3 is 10.2 Å². The second-order valence-electron chi connectivity index (χ2n) is 4.90. The molecule has 1 unspecified atom stereocenters. The molecular formula is C17H15Cl2NO. The highest BCUT2D eigenvalue weighted by atomic mass is 35.5. The summed E-state index contributed by atoms with van der Waals surface area (Å²) in [5, 5.41) is 2.16. The van der Waals surface area contributed by atoms with Gasteiger partial charge in [-0.2, -0.15) is 0 Å². The Morgan fingerprint density at radius 1 is 1.00 bits per heavy atom. The fraction of sp³-hybridized carbons (Fsp3) is 0.176. The molecule has 2 nitrogen and oxygen atoms in total. The Labute approximate surface area is 133 Å². The summed E-state index contributed by atoms with van der Waals surface area (Å²) in [7, 11) is 0. The van der Waals surface area contributed by atoms with E-state index in [2.05, 4.69) is 0 Å². The monoisotopic (exact) mass is 319 g/mol. The van der Waals surface area contributed by atoms with Gasteiger partial charge >= 0.3 is 0 Å². The van der Waals surface area contributed by atoms with Crippen molar-refractivity contribution < 1.29 is 4.42 Å². The minimum absolute atomic E-state index is 0.412. The molecule has 3 aromatic rings. The lowest BCUT2D eigenvalue weighted by Gasteiger charge is -2.16. The molecule has 21 heavy (non-hydrogen) atoms. The van der Waals surface area contributed by atoms with Crippen molar-refractivity contribution in [3.8, 4) is 0 Å². The third-order valence-electron chi connectivity index (χ3n) is 3.65. The molecule has 108 valence electrons. The molecule has 0 fully saturated rings. The van der Waals surface area contributed by atoms with Crippen LogP contribution in [0.5, 0.6) is 0 Å². The number of hydrogen-bond donors (Lipinski definition) is 1. The maximum Gasteiger partial charge on any atom is 0.134 e. The molecule has 0 saturated carbocycles. The van der Waals surface area contributed by atoms with Crippen LogP contribution in [0.1, 0.15) is 29.9 Å². The highest BCUT2D eigenvalue weighted by Gasteiger charge is 2.23. The smallest absolute Gasteiger partial charge is 0.134 e. The Kier molecular flexibility index (Phi) is 3.94. The lowest BCUT2D eigenvalue weighted by Crippen LogP contribution is -2.14. The number of rotatable bonds is 3. The Bertz CT molecular complexity index is 774. The predicted octanol–water partition coefficient (Wildman–Crippen LogP) is 5.35. The highest BCUT2D eigenvalue weighted by molar-refractivity contribution is 6.36. The van der Waals surface area contributed by atoms with Crippen molar-refractivity contribution in [1.82, 2.24) is 0 Å². The average Bonchev–Trinajstić information content (AvgIpc) is 2.85. The maximum absolute atomic E-state index is 6.48. The summed E-state index contributed by atoms with van der Waals surface area (Å²) < 4.78 is 5.90. The third-order valence-corrected chi connectivity index (χ3v) is 4.31. The molecule has 0 aliphatic rings. The Morgan fingerprint density at radius 3 is 2.33 bits per heavy atom. The first-order valence-electron chi connectivity index (χ1n) is 6.83. The number of benzene rings is 2. The molecule has 0 aliphatic heterocycles. The Balaban J connectivity index is 2.24. The molecule has 0 aliphatic carbocycles. The van der Waals surface area contributed by atoms with Crippen LogP contribution in [0.25, 0.3) is 11.0 Å². The van der Waals surface area contributed by atoms with Crippen LogP contribution in [0, 0.1) is 0 Å². The lowest BCUT2D eigenvalue weighted by molar-refractivity contribution is 0.546. The highest BCUT2D eigenvalue weighted by Crippen LogP contribution is 2.38. The van der Waals surface area contributed by atoms with Crippen LogP contribution in [0.2, 0.25) is 10.0 Å². The zero-order valence-electron chi connectivity index (χ0n) is 11.6. The first kappa shape index (κ1) is 14.5. The Hall–Kier alpha value is -1.48. The van der Waals surface area contributed by atoms with Crippen LogP contribution in [0.4, 0.5) is 0 Å². The average molecular weight is 320 g/mol. The van der Waals surface area contributed by atoms with Crippen LogP contribution in [0.15, 0.2) is 46.9 Å². The van der Waals surface area contributed by atoms with Gasteiger partial charge in [0.1, 0.15) is 11.3 Å². The standard InChI is InChI=1S/C17H15Cl2NO/c1-2-13-15(10-6-3-4-9-14(10)21-13)17(20)16-11(18)7-5-8-12(16)19/h3-9,17H,2,20H2,1H3. The van der Waals surface area contributed by atoms with Crippen molar-refractivity contribution in [2.45, 2.75) is 19.4 Å². The van der Waals surface area contributed by atoms with Gasteiger partial charge in [-0.25, -0.2) is 0 Å². The molecule has 4 heteroatoms. The molecule has 1 aromatic heterocycles. The van der Waals surface area contributed by atoms with Crippen molar-refractivity contribution in [3.05, 3.63) is 69.4 Å². The number of fused-ring (bicyclic) bond motifs is 1. The van der Waals surface area contributed by atoms with Crippen LogP contribution >= 0.6 is 23.2 Å². The van der Waals surface area contributed by atoms with Gasteiger partial charge in [0.2, 0.25) is 0 Å². The summed E-state index contributed by atoms with van der Waals surface area (Å²) in [5.41, 5.74) is 9.01. The van der Waals surface area contributed by atoms with E-state index in [1.165, 1.54) is 0 Å². The molecule has 1 atom stereocenters. The van der Waals surface area contributed by atoms with Crippen molar-refractivity contribution in [2.24, 2.45) is 5.73 Å². The molecular weight excluding hydrogens is 305 g/mol. The van der Waals surface area contributed by atoms with E-state index in [-0.39, 0.29) is 0 Å². The third kappa shape index (κ3) is 2.44. The van der Waals surface area contributed by atoms with Crippen LogP contribution in [-0.2, 0) is 6.42 Å². The molecule has 0 saturated heterocycles.